The molecule has 2 rings (SSSR count). The minimum atomic E-state index is 0.144. The van der Waals surface area contributed by atoms with E-state index in [0.29, 0.717) is 18.0 Å². The monoisotopic (exact) mass is 356 g/mol. The third-order valence-electron chi connectivity index (χ3n) is 4.68. The molecule has 2 N–H and O–H groups in total. The van der Waals surface area contributed by atoms with Crippen molar-refractivity contribution in [2.75, 3.05) is 19.7 Å². The van der Waals surface area contributed by atoms with Crippen LogP contribution >= 0.6 is 0 Å². The van der Waals surface area contributed by atoms with Gasteiger partial charge in [-0.25, -0.2) is 4.99 Å². The fraction of sp³-hybridized carbons (Fsp3) is 0.619. The van der Waals surface area contributed by atoms with E-state index in [1.54, 1.807) is 0 Å². The van der Waals surface area contributed by atoms with Gasteiger partial charge < -0.3 is 15.4 Å². The minimum absolute atomic E-state index is 0.144. The van der Waals surface area contributed by atoms with Gasteiger partial charge in [-0.15, -0.1) is 0 Å². The lowest BCUT2D eigenvalue weighted by molar-refractivity contribution is -0.0835. The second-order valence-corrected chi connectivity index (χ2v) is 7.94. The highest BCUT2D eigenvalue weighted by atomic mass is 16.5. The predicted octanol–water partition coefficient (Wildman–Crippen LogP) is 3.45. The van der Waals surface area contributed by atoms with Crippen molar-refractivity contribution in [1.82, 2.24) is 10.6 Å². The van der Waals surface area contributed by atoms with Crippen LogP contribution in [0.5, 0.6) is 0 Å². The number of rotatable bonds is 5. The summed E-state index contributed by atoms with van der Waals surface area (Å²) >= 11 is 0. The number of nitrogens with zero attached hydrogens (tertiary/aromatic N) is 2. The van der Waals surface area contributed by atoms with Crippen LogP contribution < -0.4 is 10.6 Å². The number of guanidine groups is 1. The van der Waals surface area contributed by atoms with Crippen molar-refractivity contribution in [2.45, 2.75) is 53.2 Å². The highest BCUT2D eigenvalue weighted by molar-refractivity contribution is 5.79. The van der Waals surface area contributed by atoms with Gasteiger partial charge in [0.05, 0.1) is 24.3 Å². The molecule has 142 valence electrons. The first-order valence-electron chi connectivity index (χ1n) is 9.57. The Bertz CT molecular complexity index is 625. The lowest BCUT2D eigenvalue weighted by Crippen LogP contribution is -2.47. The van der Waals surface area contributed by atoms with Gasteiger partial charge in [-0.1, -0.05) is 32.9 Å². The van der Waals surface area contributed by atoms with Crippen LogP contribution in [-0.4, -0.2) is 31.8 Å². The lowest BCUT2D eigenvalue weighted by Gasteiger charge is -2.40. The third-order valence-corrected chi connectivity index (χ3v) is 4.68. The zero-order chi connectivity index (χ0) is 19.0. The van der Waals surface area contributed by atoms with Gasteiger partial charge >= 0.3 is 0 Å². The van der Waals surface area contributed by atoms with Crippen molar-refractivity contribution >= 4 is 5.96 Å². The molecule has 2 atom stereocenters. The van der Waals surface area contributed by atoms with Crippen LogP contribution in [0.1, 0.15) is 51.7 Å². The normalized spacial score (nSPS) is 21.1. The Morgan fingerprint density at radius 2 is 2.00 bits per heavy atom. The largest absolute Gasteiger partial charge is 0.377 e. The number of nitriles is 1. The Labute approximate surface area is 157 Å². The van der Waals surface area contributed by atoms with Gasteiger partial charge in [0.25, 0.3) is 0 Å². The van der Waals surface area contributed by atoms with E-state index in [2.05, 4.69) is 49.4 Å². The average molecular weight is 357 g/mol. The van der Waals surface area contributed by atoms with Crippen LogP contribution in [0, 0.1) is 22.7 Å². The van der Waals surface area contributed by atoms with E-state index in [9.17, 15) is 0 Å². The van der Waals surface area contributed by atoms with Crippen molar-refractivity contribution < 1.29 is 4.74 Å². The summed E-state index contributed by atoms with van der Waals surface area (Å²) in [4.78, 5) is 4.68. The zero-order valence-corrected chi connectivity index (χ0v) is 16.5. The van der Waals surface area contributed by atoms with Crippen LogP contribution in [0.2, 0.25) is 0 Å². The average Bonchev–Trinajstić information content (AvgIpc) is 2.64. The van der Waals surface area contributed by atoms with Crippen molar-refractivity contribution in [2.24, 2.45) is 16.3 Å². The first-order valence-corrected chi connectivity index (χ1v) is 9.57. The number of benzene rings is 1. The quantitative estimate of drug-likeness (QED) is 0.626. The van der Waals surface area contributed by atoms with E-state index in [0.717, 1.165) is 37.6 Å². The fourth-order valence-corrected chi connectivity index (χ4v) is 3.43. The molecule has 0 saturated carbocycles. The highest BCUT2D eigenvalue weighted by Crippen LogP contribution is 2.33. The molecule has 2 unspecified atom stereocenters. The summed E-state index contributed by atoms with van der Waals surface area (Å²) in [6, 6.07) is 9.71. The van der Waals surface area contributed by atoms with Gasteiger partial charge in [-0.2, -0.15) is 5.26 Å². The van der Waals surface area contributed by atoms with Crippen LogP contribution in [0.25, 0.3) is 0 Å². The third kappa shape index (κ3) is 6.03. The second kappa shape index (κ2) is 9.59. The highest BCUT2D eigenvalue weighted by Gasteiger charge is 2.35. The zero-order valence-electron chi connectivity index (χ0n) is 16.5. The number of hydrogen-bond acceptors (Lipinski definition) is 3. The van der Waals surface area contributed by atoms with E-state index in [1.165, 1.54) is 6.42 Å². The Hall–Kier alpha value is -2.06. The smallest absolute Gasteiger partial charge is 0.191 e. The first kappa shape index (κ1) is 20.3. The SMILES string of the molecule is CCNC(=NCc1ccc(C#N)cc1)NCC1CCCOC1C(C)(C)C. The molecular weight excluding hydrogens is 324 g/mol. The summed E-state index contributed by atoms with van der Waals surface area (Å²) in [6.07, 6.45) is 2.58. The van der Waals surface area contributed by atoms with Crippen molar-refractivity contribution in [3.05, 3.63) is 35.4 Å². The van der Waals surface area contributed by atoms with Gasteiger partial charge in [0.1, 0.15) is 0 Å². The summed E-state index contributed by atoms with van der Waals surface area (Å²) in [5.41, 5.74) is 1.91. The summed E-state index contributed by atoms with van der Waals surface area (Å²) < 4.78 is 6.07. The Balaban J connectivity index is 1.96. The molecule has 5 heteroatoms. The Morgan fingerprint density at radius 1 is 1.27 bits per heavy atom. The van der Waals surface area contributed by atoms with Crippen molar-refractivity contribution in [3.63, 3.8) is 0 Å². The molecule has 0 bridgehead atoms. The molecule has 26 heavy (non-hydrogen) atoms. The van der Waals surface area contributed by atoms with Gasteiger partial charge in [-0.05, 0) is 42.9 Å². The summed E-state index contributed by atoms with van der Waals surface area (Å²) in [7, 11) is 0. The molecule has 0 radical (unpaired) electrons. The van der Waals surface area contributed by atoms with Crippen LogP contribution in [-0.2, 0) is 11.3 Å². The molecule has 1 aliphatic rings. The molecule has 1 fully saturated rings. The van der Waals surface area contributed by atoms with Gasteiger partial charge in [-0.3, -0.25) is 0 Å². The molecule has 0 spiro atoms. The van der Waals surface area contributed by atoms with E-state index in [-0.39, 0.29) is 11.5 Å². The molecule has 5 nitrogen and oxygen atoms in total. The molecule has 0 aromatic heterocycles. The maximum absolute atomic E-state index is 8.88. The van der Waals surface area contributed by atoms with Gasteiger partial charge in [0.15, 0.2) is 5.96 Å². The van der Waals surface area contributed by atoms with Crippen LogP contribution in [0.15, 0.2) is 29.3 Å². The number of nitrogens with one attached hydrogen (secondary N) is 2. The maximum atomic E-state index is 8.88. The van der Waals surface area contributed by atoms with Crippen molar-refractivity contribution in [3.8, 4) is 6.07 Å². The van der Waals surface area contributed by atoms with Crippen molar-refractivity contribution in [1.29, 1.82) is 5.26 Å². The molecule has 1 heterocycles. The van der Waals surface area contributed by atoms with E-state index in [1.807, 2.05) is 24.3 Å². The maximum Gasteiger partial charge on any atom is 0.191 e. The number of hydrogen-bond donors (Lipinski definition) is 2. The minimum Gasteiger partial charge on any atom is -0.377 e. The van der Waals surface area contributed by atoms with E-state index < -0.39 is 0 Å². The standard InChI is InChI=1S/C21H32N4O/c1-5-23-20(24-14-17-10-8-16(13-22)9-11-17)25-15-18-7-6-12-26-19(18)21(2,3)4/h8-11,18-19H,5-7,12,14-15H2,1-4H3,(H2,23,24,25). The fourth-order valence-electron chi connectivity index (χ4n) is 3.43. The summed E-state index contributed by atoms with van der Waals surface area (Å²) in [6.45, 7) is 12.0. The predicted molar refractivity (Wildman–Crippen MR) is 106 cm³/mol. The van der Waals surface area contributed by atoms with E-state index >= 15 is 0 Å². The molecule has 1 aromatic rings. The van der Waals surface area contributed by atoms with E-state index in [4.69, 9.17) is 10.00 Å². The number of ether oxygens (including phenoxy) is 1. The molecule has 1 aliphatic heterocycles. The summed E-state index contributed by atoms with van der Waals surface area (Å²) in [5, 5.41) is 15.7. The number of aliphatic imine (C=N–C) groups is 1. The topological polar surface area (TPSA) is 69.4 Å². The van der Waals surface area contributed by atoms with Gasteiger partial charge in [0, 0.05) is 25.6 Å². The first-order chi connectivity index (χ1) is 12.4. The molecule has 0 aliphatic carbocycles. The molecule has 0 amide bonds. The van der Waals surface area contributed by atoms with Crippen LogP contribution in [0.4, 0.5) is 0 Å². The summed E-state index contributed by atoms with van der Waals surface area (Å²) in [5.74, 6) is 1.32. The molecular formula is C21H32N4O. The Morgan fingerprint density at radius 3 is 2.62 bits per heavy atom. The Kier molecular flexibility index (Phi) is 7.47. The molecule has 1 aromatic carbocycles. The molecule has 1 saturated heterocycles. The second-order valence-electron chi connectivity index (χ2n) is 7.94. The lowest BCUT2D eigenvalue weighted by atomic mass is 9.78. The van der Waals surface area contributed by atoms with Gasteiger partial charge in [0.2, 0.25) is 0 Å². The van der Waals surface area contributed by atoms with Crippen LogP contribution in [0.3, 0.4) is 0 Å².